The second-order valence-corrected chi connectivity index (χ2v) is 8.36. The van der Waals surface area contributed by atoms with Crippen LogP contribution in [0.2, 0.25) is 0 Å². The first-order valence-corrected chi connectivity index (χ1v) is 10.5. The summed E-state index contributed by atoms with van der Waals surface area (Å²) in [7, 11) is 0. The number of amides is 1. The summed E-state index contributed by atoms with van der Waals surface area (Å²) >= 11 is 0. The minimum Gasteiger partial charge on any atom is -0.452 e. The zero-order valence-corrected chi connectivity index (χ0v) is 18.9. The SMILES string of the molecule is CC(=O)Oc1ccc(-c2ccc(C(=O)OCC(=O)N(CC(C)C)CC(C)C)cc2)cc1. The Kier molecular flexibility index (Phi) is 8.79. The van der Waals surface area contributed by atoms with Crippen molar-refractivity contribution in [3.05, 3.63) is 54.1 Å². The first kappa shape index (κ1) is 24.1. The summed E-state index contributed by atoms with van der Waals surface area (Å²) < 4.78 is 10.3. The predicted octanol–water partition coefficient (Wildman–Crippen LogP) is 4.58. The number of carbonyl (C=O) groups is 3. The Balaban J connectivity index is 1.97. The van der Waals surface area contributed by atoms with Gasteiger partial charge in [0, 0.05) is 20.0 Å². The van der Waals surface area contributed by atoms with Gasteiger partial charge < -0.3 is 14.4 Å². The van der Waals surface area contributed by atoms with Crippen LogP contribution in [0.1, 0.15) is 45.0 Å². The van der Waals surface area contributed by atoms with Crippen molar-refractivity contribution in [2.75, 3.05) is 19.7 Å². The molecule has 2 aromatic rings. The molecule has 0 heterocycles. The van der Waals surface area contributed by atoms with Crippen LogP contribution in [0.15, 0.2) is 48.5 Å². The molecule has 2 aromatic carbocycles. The molecular weight excluding hydrogens is 394 g/mol. The number of rotatable bonds is 9. The molecule has 0 aliphatic heterocycles. The lowest BCUT2D eigenvalue weighted by Gasteiger charge is -2.26. The Hall–Kier alpha value is -3.15. The Morgan fingerprint density at radius 2 is 1.29 bits per heavy atom. The lowest BCUT2D eigenvalue weighted by atomic mass is 10.0. The van der Waals surface area contributed by atoms with E-state index >= 15 is 0 Å². The van der Waals surface area contributed by atoms with Gasteiger partial charge in [0.2, 0.25) is 0 Å². The summed E-state index contributed by atoms with van der Waals surface area (Å²) in [6.07, 6.45) is 0. The topological polar surface area (TPSA) is 72.9 Å². The average molecular weight is 426 g/mol. The molecule has 0 unspecified atom stereocenters. The van der Waals surface area contributed by atoms with Gasteiger partial charge in [0.25, 0.3) is 5.91 Å². The molecular formula is C25H31NO5. The lowest BCUT2D eigenvalue weighted by molar-refractivity contribution is -0.135. The highest BCUT2D eigenvalue weighted by molar-refractivity contribution is 5.92. The first-order chi connectivity index (χ1) is 14.7. The van der Waals surface area contributed by atoms with Crippen molar-refractivity contribution in [3.8, 4) is 16.9 Å². The predicted molar refractivity (Wildman–Crippen MR) is 120 cm³/mol. The number of nitrogens with zero attached hydrogens (tertiary/aromatic N) is 1. The summed E-state index contributed by atoms with van der Waals surface area (Å²) in [6.45, 7) is 10.6. The molecule has 31 heavy (non-hydrogen) atoms. The third kappa shape index (κ3) is 7.89. The van der Waals surface area contributed by atoms with Crippen LogP contribution in [-0.2, 0) is 14.3 Å². The summed E-state index contributed by atoms with van der Waals surface area (Å²) in [5, 5.41) is 0. The first-order valence-electron chi connectivity index (χ1n) is 10.5. The van der Waals surface area contributed by atoms with Crippen molar-refractivity contribution in [1.29, 1.82) is 0 Å². The van der Waals surface area contributed by atoms with Crippen molar-refractivity contribution in [2.24, 2.45) is 11.8 Å². The van der Waals surface area contributed by atoms with Gasteiger partial charge >= 0.3 is 11.9 Å². The molecule has 0 saturated heterocycles. The number of esters is 2. The van der Waals surface area contributed by atoms with Crippen molar-refractivity contribution in [2.45, 2.75) is 34.6 Å². The van der Waals surface area contributed by atoms with Gasteiger partial charge in [-0.3, -0.25) is 9.59 Å². The number of benzene rings is 2. The third-order valence-corrected chi connectivity index (χ3v) is 4.42. The maximum atomic E-state index is 12.5. The van der Waals surface area contributed by atoms with E-state index in [4.69, 9.17) is 9.47 Å². The molecule has 6 nitrogen and oxygen atoms in total. The van der Waals surface area contributed by atoms with Crippen LogP contribution in [0, 0.1) is 11.8 Å². The highest BCUT2D eigenvalue weighted by Gasteiger charge is 2.18. The third-order valence-electron chi connectivity index (χ3n) is 4.42. The fraction of sp³-hybridized carbons (Fsp3) is 0.400. The zero-order valence-electron chi connectivity index (χ0n) is 18.9. The quantitative estimate of drug-likeness (QED) is 0.434. The number of hydrogen-bond donors (Lipinski definition) is 0. The number of carbonyl (C=O) groups excluding carboxylic acids is 3. The van der Waals surface area contributed by atoms with E-state index in [1.165, 1.54) is 6.92 Å². The molecule has 0 bridgehead atoms. The van der Waals surface area contributed by atoms with E-state index in [0.717, 1.165) is 11.1 Å². The largest absolute Gasteiger partial charge is 0.452 e. The second kappa shape index (κ2) is 11.3. The summed E-state index contributed by atoms with van der Waals surface area (Å²) in [6, 6.07) is 14.1. The van der Waals surface area contributed by atoms with Gasteiger partial charge in [0.1, 0.15) is 5.75 Å². The van der Waals surface area contributed by atoms with Gasteiger partial charge in [-0.15, -0.1) is 0 Å². The van der Waals surface area contributed by atoms with E-state index in [9.17, 15) is 14.4 Å². The molecule has 0 fully saturated rings. The fourth-order valence-electron chi connectivity index (χ4n) is 3.14. The minimum atomic E-state index is -0.529. The van der Waals surface area contributed by atoms with Crippen LogP contribution in [0.5, 0.6) is 5.75 Å². The smallest absolute Gasteiger partial charge is 0.338 e. The zero-order chi connectivity index (χ0) is 23.0. The molecule has 6 heteroatoms. The van der Waals surface area contributed by atoms with Gasteiger partial charge in [-0.2, -0.15) is 0 Å². The van der Waals surface area contributed by atoms with E-state index in [0.29, 0.717) is 36.2 Å². The van der Waals surface area contributed by atoms with Crippen molar-refractivity contribution < 1.29 is 23.9 Å². The molecule has 166 valence electrons. The lowest BCUT2D eigenvalue weighted by Crippen LogP contribution is -2.39. The standard InChI is InChI=1S/C25H31NO5/c1-17(2)14-26(15-18(3)4)24(28)16-30-25(29)22-8-6-20(7-9-22)21-10-12-23(13-11-21)31-19(5)27/h6-13,17-18H,14-16H2,1-5H3. The Bertz CT molecular complexity index is 875. The second-order valence-electron chi connectivity index (χ2n) is 8.36. The van der Waals surface area contributed by atoms with E-state index in [1.807, 2.05) is 24.3 Å². The molecule has 0 radical (unpaired) electrons. The normalized spacial score (nSPS) is 10.8. The molecule has 0 saturated carbocycles. The number of ether oxygens (including phenoxy) is 2. The van der Waals surface area contributed by atoms with Crippen LogP contribution in [0.25, 0.3) is 11.1 Å². The molecule has 0 aromatic heterocycles. The van der Waals surface area contributed by atoms with E-state index in [2.05, 4.69) is 27.7 Å². The monoisotopic (exact) mass is 425 g/mol. The van der Waals surface area contributed by atoms with Crippen molar-refractivity contribution >= 4 is 17.8 Å². The van der Waals surface area contributed by atoms with E-state index in [1.54, 1.807) is 29.2 Å². The maximum absolute atomic E-state index is 12.5. The van der Waals surface area contributed by atoms with Crippen LogP contribution >= 0.6 is 0 Å². The van der Waals surface area contributed by atoms with Crippen LogP contribution in [0.3, 0.4) is 0 Å². The van der Waals surface area contributed by atoms with Crippen LogP contribution in [0.4, 0.5) is 0 Å². The molecule has 0 N–H and O–H groups in total. The highest BCUT2D eigenvalue weighted by atomic mass is 16.5. The average Bonchev–Trinajstić information content (AvgIpc) is 2.71. The van der Waals surface area contributed by atoms with Crippen molar-refractivity contribution in [3.63, 3.8) is 0 Å². The van der Waals surface area contributed by atoms with E-state index in [-0.39, 0.29) is 18.5 Å². The molecule has 0 spiro atoms. The summed E-state index contributed by atoms with van der Waals surface area (Å²) in [5.41, 5.74) is 2.21. The Morgan fingerprint density at radius 3 is 1.74 bits per heavy atom. The van der Waals surface area contributed by atoms with Crippen molar-refractivity contribution in [1.82, 2.24) is 4.90 Å². The minimum absolute atomic E-state index is 0.180. The summed E-state index contributed by atoms with van der Waals surface area (Å²) in [4.78, 5) is 37.6. The van der Waals surface area contributed by atoms with Gasteiger partial charge in [0.05, 0.1) is 5.56 Å². The summed E-state index contributed by atoms with van der Waals surface area (Å²) in [5.74, 6) is 0.0816. The fourth-order valence-corrected chi connectivity index (χ4v) is 3.14. The van der Waals surface area contributed by atoms with Gasteiger partial charge in [-0.05, 0) is 47.2 Å². The number of hydrogen-bond acceptors (Lipinski definition) is 5. The Morgan fingerprint density at radius 1 is 0.806 bits per heavy atom. The maximum Gasteiger partial charge on any atom is 0.338 e. The molecule has 0 aliphatic carbocycles. The van der Waals surface area contributed by atoms with Crippen LogP contribution < -0.4 is 4.74 Å². The molecule has 0 atom stereocenters. The molecule has 1 amide bonds. The van der Waals surface area contributed by atoms with Gasteiger partial charge in [-0.1, -0.05) is 52.0 Å². The van der Waals surface area contributed by atoms with Gasteiger partial charge in [-0.25, -0.2) is 4.79 Å². The molecule has 2 rings (SSSR count). The van der Waals surface area contributed by atoms with E-state index < -0.39 is 5.97 Å². The highest BCUT2D eigenvalue weighted by Crippen LogP contribution is 2.23. The van der Waals surface area contributed by atoms with Crippen LogP contribution in [-0.4, -0.2) is 42.4 Å². The van der Waals surface area contributed by atoms with Gasteiger partial charge in [0.15, 0.2) is 6.61 Å². The molecule has 0 aliphatic rings. The Labute approximate surface area is 184 Å².